The van der Waals surface area contributed by atoms with Crippen LogP contribution in [-0.2, 0) is 6.42 Å². The third-order valence-corrected chi connectivity index (χ3v) is 3.24. The van der Waals surface area contributed by atoms with E-state index in [-0.39, 0.29) is 0 Å². The van der Waals surface area contributed by atoms with Gasteiger partial charge in [-0.25, -0.2) is 4.98 Å². The molecule has 0 atom stereocenters. The number of rotatable bonds is 2. The first kappa shape index (κ1) is 11.4. The van der Waals surface area contributed by atoms with Crippen molar-refractivity contribution in [2.45, 2.75) is 13.3 Å². The topological polar surface area (TPSA) is 65.4 Å². The Morgan fingerprint density at radius 3 is 2.79 bits per heavy atom. The first-order chi connectivity index (χ1) is 9.29. The van der Waals surface area contributed by atoms with Crippen LogP contribution in [0.3, 0.4) is 0 Å². The maximum absolute atomic E-state index is 9.42. The Bertz CT molecular complexity index is 766. The van der Waals surface area contributed by atoms with Crippen LogP contribution in [0.1, 0.15) is 22.4 Å². The Hall–Kier alpha value is -2.67. The fourth-order valence-corrected chi connectivity index (χ4v) is 2.27. The molecule has 0 unspecified atom stereocenters. The molecule has 4 nitrogen and oxygen atoms in total. The van der Waals surface area contributed by atoms with E-state index >= 15 is 0 Å². The highest BCUT2D eigenvalue weighted by Gasteiger charge is 2.14. The highest BCUT2D eigenvalue weighted by molar-refractivity contribution is 5.83. The van der Waals surface area contributed by atoms with Crippen LogP contribution >= 0.6 is 0 Å². The summed E-state index contributed by atoms with van der Waals surface area (Å²) >= 11 is 0. The number of hydrogen-bond donors (Lipinski definition) is 1. The lowest BCUT2D eigenvalue weighted by Crippen LogP contribution is -2.00. The molecule has 3 aromatic rings. The van der Waals surface area contributed by atoms with Crippen LogP contribution in [0.4, 0.5) is 0 Å². The second-order valence-electron chi connectivity index (χ2n) is 4.46. The van der Waals surface area contributed by atoms with Gasteiger partial charge in [0.1, 0.15) is 6.07 Å². The smallest absolute Gasteiger partial charge is 0.156 e. The van der Waals surface area contributed by atoms with Gasteiger partial charge in [-0.15, -0.1) is 0 Å². The summed E-state index contributed by atoms with van der Waals surface area (Å²) in [6.07, 6.45) is 2.37. The van der Waals surface area contributed by atoms with Crippen LogP contribution in [0, 0.1) is 18.3 Å². The molecule has 0 radical (unpaired) electrons. The highest BCUT2D eigenvalue weighted by atomic mass is 15.1. The lowest BCUT2D eigenvalue weighted by molar-refractivity contribution is 1.06. The Kier molecular flexibility index (Phi) is 2.73. The fourth-order valence-electron chi connectivity index (χ4n) is 2.27. The zero-order chi connectivity index (χ0) is 13.2. The molecule has 4 heteroatoms. The van der Waals surface area contributed by atoms with Crippen molar-refractivity contribution in [2.24, 2.45) is 0 Å². The van der Waals surface area contributed by atoms with E-state index in [0.717, 1.165) is 16.6 Å². The van der Waals surface area contributed by atoms with Gasteiger partial charge < -0.3 is 0 Å². The van der Waals surface area contributed by atoms with Gasteiger partial charge in [-0.1, -0.05) is 30.3 Å². The van der Waals surface area contributed by atoms with Crippen LogP contribution < -0.4 is 0 Å². The van der Waals surface area contributed by atoms with Gasteiger partial charge in [0.2, 0.25) is 0 Å². The maximum atomic E-state index is 9.42. The molecule has 0 saturated carbocycles. The second-order valence-corrected chi connectivity index (χ2v) is 4.46. The zero-order valence-electron chi connectivity index (χ0n) is 10.5. The Labute approximate surface area is 110 Å². The van der Waals surface area contributed by atoms with Crippen LogP contribution in [-0.4, -0.2) is 15.2 Å². The standard InChI is InChI=1S/C15H12N4/c1-10-12(7-11-5-3-2-4-6-11)13(8-16)14-9-17-19-15(14)18-10/h2-6,9H,7H2,1H3,(H,17,18,19). The first-order valence-corrected chi connectivity index (χ1v) is 6.06. The van der Waals surface area contributed by atoms with Crippen LogP contribution in [0.15, 0.2) is 36.5 Å². The summed E-state index contributed by atoms with van der Waals surface area (Å²) < 4.78 is 0. The number of aromatic amines is 1. The van der Waals surface area contributed by atoms with Crippen molar-refractivity contribution in [1.29, 1.82) is 5.26 Å². The number of nitriles is 1. The average molecular weight is 248 g/mol. The zero-order valence-corrected chi connectivity index (χ0v) is 10.5. The number of nitrogens with one attached hydrogen (secondary N) is 1. The normalized spacial score (nSPS) is 10.5. The molecule has 1 N–H and O–H groups in total. The van der Waals surface area contributed by atoms with Crippen LogP contribution in [0.5, 0.6) is 0 Å². The van der Waals surface area contributed by atoms with Gasteiger partial charge in [-0.05, 0) is 18.1 Å². The monoisotopic (exact) mass is 248 g/mol. The Balaban J connectivity index is 2.17. The van der Waals surface area contributed by atoms with Gasteiger partial charge in [0.25, 0.3) is 0 Å². The number of benzene rings is 1. The van der Waals surface area contributed by atoms with Gasteiger partial charge in [-0.3, -0.25) is 5.10 Å². The lowest BCUT2D eigenvalue weighted by atomic mass is 9.97. The van der Waals surface area contributed by atoms with Crippen molar-refractivity contribution >= 4 is 11.0 Å². The molecule has 0 fully saturated rings. The van der Waals surface area contributed by atoms with Crippen molar-refractivity contribution < 1.29 is 0 Å². The third-order valence-electron chi connectivity index (χ3n) is 3.24. The van der Waals surface area contributed by atoms with Gasteiger partial charge in [0.15, 0.2) is 5.65 Å². The molecule has 2 heterocycles. The summed E-state index contributed by atoms with van der Waals surface area (Å²) in [6, 6.07) is 12.4. The number of H-pyrrole nitrogens is 1. The first-order valence-electron chi connectivity index (χ1n) is 6.06. The molecule has 0 saturated heterocycles. The molecule has 0 spiro atoms. The van der Waals surface area contributed by atoms with Crippen molar-refractivity contribution in [3.63, 3.8) is 0 Å². The Morgan fingerprint density at radius 2 is 2.05 bits per heavy atom. The van der Waals surface area contributed by atoms with E-state index in [1.165, 1.54) is 5.56 Å². The minimum atomic E-state index is 0.667. The highest BCUT2D eigenvalue weighted by Crippen LogP contribution is 2.23. The summed E-state index contributed by atoms with van der Waals surface area (Å²) in [5.74, 6) is 0. The molecule has 0 bridgehead atoms. The van der Waals surface area contributed by atoms with E-state index in [4.69, 9.17) is 0 Å². The van der Waals surface area contributed by atoms with Crippen molar-refractivity contribution in [2.75, 3.05) is 0 Å². The summed E-state index contributed by atoms with van der Waals surface area (Å²) in [7, 11) is 0. The number of hydrogen-bond acceptors (Lipinski definition) is 3. The van der Waals surface area contributed by atoms with Crippen LogP contribution in [0.25, 0.3) is 11.0 Å². The average Bonchev–Trinajstić information content (AvgIpc) is 2.88. The lowest BCUT2D eigenvalue weighted by Gasteiger charge is -2.08. The van der Waals surface area contributed by atoms with Crippen molar-refractivity contribution in [3.05, 3.63) is 58.9 Å². The van der Waals surface area contributed by atoms with Gasteiger partial charge >= 0.3 is 0 Å². The third kappa shape index (κ3) is 1.95. The minimum Gasteiger partial charge on any atom is -0.261 e. The van der Waals surface area contributed by atoms with E-state index < -0.39 is 0 Å². The summed E-state index contributed by atoms with van der Waals surface area (Å²) in [6.45, 7) is 1.93. The molecule has 19 heavy (non-hydrogen) atoms. The number of fused-ring (bicyclic) bond motifs is 1. The number of aryl methyl sites for hydroxylation is 1. The molecule has 2 aromatic heterocycles. The van der Waals surface area contributed by atoms with E-state index in [0.29, 0.717) is 17.6 Å². The van der Waals surface area contributed by atoms with Crippen molar-refractivity contribution in [3.8, 4) is 6.07 Å². The number of aromatic nitrogens is 3. The molecular formula is C15H12N4. The quantitative estimate of drug-likeness (QED) is 0.758. The molecular weight excluding hydrogens is 236 g/mol. The minimum absolute atomic E-state index is 0.667. The largest absolute Gasteiger partial charge is 0.261 e. The predicted octanol–water partition coefficient (Wildman–Crippen LogP) is 2.73. The molecule has 1 aromatic carbocycles. The van der Waals surface area contributed by atoms with Gasteiger partial charge in [-0.2, -0.15) is 10.4 Å². The number of pyridine rings is 1. The maximum Gasteiger partial charge on any atom is 0.156 e. The van der Waals surface area contributed by atoms with Crippen LogP contribution in [0.2, 0.25) is 0 Å². The number of nitrogens with zero attached hydrogens (tertiary/aromatic N) is 3. The second kappa shape index (κ2) is 4.54. The molecule has 92 valence electrons. The molecule has 0 amide bonds. The Morgan fingerprint density at radius 1 is 1.26 bits per heavy atom. The molecule has 0 aliphatic rings. The van der Waals surface area contributed by atoms with E-state index in [1.54, 1.807) is 6.20 Å². The van der Waals surface area contributed by atoms with E-state index in [9.17, 15) is 5.26 Å². The van der Waals surface area contributed by atoms with E-state index in [1.807, 2.05) is 25.1 Å². The van der Waals surface area contributed by atoms with E-state index in [2.05, 4.69) is 33.4 Å². The summed E-state index contributed by atoms with van der Waals surface area (Å²) in [5.41, 5.74) is 4.36. The molecule has 0 aliphatic heterocycles. The summed E-state index contributed by atoms with van der Waals surface area (Å²) in [5, 5.41) is 17.0. The van der Waals surface area contributed by atoms with Crippen molar-refractivity contribution in [1.82, 2.24) is 15.2 Å². The molecule has 3 rings (SSSR count). The predicted molar refractivity (Wildman–Crippen MR) is 72.6 cm³/mol. The fraction of sp³-hybridized carbons (Fsp3) is 0.133. The van der Waals surface area contributed by atoms with Gasteiger partial charge in [0, 0.05) is 12.1 Å². The SMILES string of the molecule is Cc1nc2[nH]ncc2c(C#N)c1Cc1ccccc1. The molecule has 0 aliphatic carbocycles. The van der Waals surface area contributed by atoms with Gasteiger partial charge in [0.05, 0.1) is 17.1 Å². The summed E-state index contributed by atoms with van der Waals surface area (Å²) in [4.78, 5) is 4.47.